The maximum atomic E-state index is 13.8. The average molecular weight is 460 g/mol. The fraction of sp³-hybridized carbons (Fsp3) is 0.318. The van der Waals surface area contributed by atoms with Crippen LogP contribution in [0.3, 0.4) is 0 Å². The predicted octanol–water partition coefficient (Wildman–Crippen LogP) is 5.96. The number of hydrogen-bond donors (Lipinski definition) is 1. The highest BCUT2D eigenvalue weighted by atomic mass is 32.1. The molecule has 0 saturated carbocycles. The van der Waals surface area contributed by atoms with E-state index in [1.165, 1.54) is 34.9 Å². The van der Waals surface area contributed by atoms with Gasteiger partial charge >= 0.3 is 0 Å². The molecule has 164 valence electrons. The number of aromatic nitrogens is 3. The van der Waals surface area contributed by atoms with Crippen molar-refractivity contribution in [1.29, 1.82) is 0 Å². The summed E-state index contributed by atoms with van der Waals surface area (Å²) >= 11 is 2.87. The third-order valence-electron chi connectivity index (χ3n) is 4.33. The Balaban J connectivity index is 0.00000166. The zero-order valence-electron chi connectivity index (χ0n) is 18.2. The van der Waals surface area contributed by atoms with Gasteiger partial charge in [0.05, 0.1) is 23.7 Å². The molecule has 31 heavy (non-hydrogen) atoms. The van der Waals surface area contributed by atoms with Gasteiger partial charge in [0.2, 0.25) is 0 Å². The SMILES string of the molecule is CC.CCC(C)/C(=C\C(=NC)c1nccs1)c1ncc(NC(=O)c2ccncc2F)s1. The molecule has 0 fully saturated rings. The van der Waals surface area contributed by atoms with Gasteiger partial charge in [-0.2, -0.15) is 0 Å². The first-order valence-electron chi connectivity index (χ1n) is 9.98. The number of hydrogen-bond acceptors (Lipinski definition) is 7. The Kier molecular flexibility index (Phi) is 9.61. The summed E-state index contributed by atoms with van der Waals surface area (Å²) in [5.41, 5.74) is 1.75. The van der Waals surface area contributed by atoms with Crippen molar-refractivity contribution < 1.29 is 9.18 Å². The maximum absolute atomic E-state index is 13.8. The molecule has 3 heterocycles. The smallest absolute Gasteiger partial charge is 0.259 e. The van der Waals surface area contributed by atoms with Crippen molar-refractivity contribution in [2.45, 2.75) is 34.1 Å². The summed E-state index contributed by atoms with van der Waals surface area (Å²) in [5.74, 6) is -0.964. The molecule has 0 aliphatic heterocycles. The summed E-state index contributed by atoms with van der Waals surface area (Å²) in [4.78, 5) is 29.2. The molecule has 3 aromatic heterocycles. The molecule has 1 atom stereocenters. The highest BCUT2D eigenvalue weighted by Crippen LogP contribution is 2.32. The van der Waals surface area contributed by atoms with Crippen LogP contribution in [0.15, 0.2) is 47.3 Å². The molecular weight excluding hydrogens is 433 g/mol. The Labute approximate surface area is 190 Å². The van der Waals surface area contributed by atoms with E-state index in [2.05, 4.69) is 39.1 Å². The van der Waals surface area contributed by atoms with E-state index < -0.39 is 11.7 Å². The molecule has 0 spiro atoms. The molecule has 0 aliphatic rings. The van der Waals surface area contributed by atoms with Crippen LogP contribution in [0.25, 0.3) is 5.57 Å². The summed E-state index contributed by atoms with van der Waals surface area (Å²) in [7, 11) is 1.73. The second kappa shape index (κ2) is 12.2. The van der Waals surface area contributed by atoms with Crippen LogP contribution in [0, 0.1) is 11.7 Å². The van der Waals surface area contributed by atoms with E-state index >= 15 is 0 Å². The maximum Gasteiger partial charge on any atom is 0.259 e. The number of carbonyl (C=O) groups excluding carboxylic acids is 1. The number of carbonyl (C=O) groups is 1. The lowest BCUT2D eigenvalue weighted by molar-refractivity contribution is 0.102. The molecule has 6 nitrogen and oxygen atoms in total. The van der Waals surface area contributed by atoms with E-state index in [0.717, 1.165) is 33.9 Å². The minimum absolute atomic E-state index is 0.0585. The first-order valence-corrected chi connectivity index (χ1v) is 11.7. The monoisotopic (exact) mass is 459 g/mol. The second-order valence-electron chi connectivity index (χ2n) is 6.19. The summed E-state index contributed by atoms with van der Waals surface area (Å²) in [6.45, 7) is 8.22. The van der Waals surface area contributed by atoms with Gasteiger partial charge in [0.25, 0.3) is 5.91 Å². The van der Waals surface area contributed by atoms with Crippen LogP contribution in [-0.2, 0) is 0 Å². The molecule has 3 aromatic rings. The molecule has 9 heteroatoms. The number of nitrogens with zero attached hydrogens (tertiary/aromatic N) is 4. The minimum atomic E-state index is -0.665. The van der Waals surface area contributed by atoms with Crippen LogP contribution in [0.1, 0.15) is 54.5 Å². The molecule has 1 unspecified atom stereocenters. The topological polar surface area (TPSA) is 80.1 Å². The standard InChI is InChI=1S/C20H20FN5OS2.C2H6/c1-4-12(2)14(9-16(22-3)20-24-7-8-28-20)19-25-11-17(29-19)26-18(27)13-5-6-23-10-15(13)21;1-2/h5-12H,4H2,1-3H3,(H,26,27);1-2H3/b14-9+,22-16?;. The molecule has 0 aromatic carbocycles. The van der Waals surface area contributed by atoms with Gasteiger partial charge in [0.1, 0.15) is 15.0 Å². The van der Waals surface area contributed by atoms with Crippen molar-refractivity contribution in [2.75, 3.05) is 12.4 Å². The van der Waals surface area contributed by atoms with Crippen molar-refractivity contribution >= 4 is 44.9 Å². The zero-order valence-corrected chi connectivity index (χ0v) is 19.9. The number of thiazole rings is 2. The molecule has 0 saturated heterocycles. The second-order valence-corrected chi connectivity index (χ2v) is 8.12. The summed E-state index contributed by atoms with van der Waals surface area (Å²) in [5, 5.41) is 6.78. The van der Waals surface area contributed by atoms with Crippen LogP contribution in [-0.4, -0.2) is 33.6 Å². The molecular formula is C22H26FN5OS2. The molecule has 1 N–H and O–H groups in total. The highest BCUT2D eigenvalue weighted by molar-refractivity contribution is 7.17. The van der Waals surface area contributed by atoms with Crippen LogP contribution < -0.4 is 5.32 Å². The van der Waals surface area contributed by atoms with E-state index in [1.54, 1.807) is 19.4 Å². The van der Waals surface area contributed by atoms with Crippen molar-refractivity contribution in [3.63, 3.8) is 0 Å². The number of amides is 1. The fourth-order valence-electron chi connectivity index (χ4n) is 2.56. The fourth-order valence-corrected chi connectivity index (χ4v) is 4.14. The lowest BCUT2D eigenvalue weighted by Crippen LogP contribution is -2.12. The zero-order chi connectivity index (χ0) is 22.8. The van der Waals surface area contributed by atoms with Crippen LogP contribution in [0.5, 0.6) is 0 Å². The van der Waals surface area contributed by atoms with Crippen molar-refractivity contribution in [2.24, 2.45) is 10.9 Å². The number of pyridine rings is 1. The van der Waals surface area contributed by atoms with Crippen LogP contribution >= 0.6 is 22.7 Å². The molecule has 1 amide bonds. The Bertz CT molecular complexity index is 1040. The van der Waals surface area contributed by atoms with Crippen molar-refractivity contribution in [3.05, 3.63) is 63.7 Å². The van der Waals surface area contributed by atoms with E-state index in [-0.39, 0.29) is 11.5 Å². The van der Waals surface area contributed by atoms with E-state index in [1.807, 2.05) is 25.3 Å². The van der Waals surface area contributed by atoms with Gasteiger partial charge in [-0.1, -0.05) is 39.0 Å². The Morgan fingerprint density at radius 3 is 2.65 bits per heavy atom. The van der Waals surface area contributed by atoms with Crippen LogP contribution in [0.2, 0.25) is 0 Å². The molecule has 3 rings (SSSR count). The van der Waals surface area contributed by atoms with Gasteiger partial charge in [-0.25, -0.2) is 14.4 Å². The lowest BCUT2D eigenvalue weighted by Gasteiger charge is -2.12. The summed E-state index contributed by atoms with van der Waals surface area (Å²) in [6, 6.07) is 1.34. The number of aliphatic imine (C=N–C) groups is 1. The van der Waals surface area contributed by atoms with E-state index in [4.69, 9.17) is 0 Å². The van der Waals surface area contributed by atoms with Gasteiger partial charge in [0, 0.05) is 24.8 Å². The van der Waals surface area contributed by atoms with Gasteiger partial charge < -0.3 is 5.32 Å². The molecule has 0 aliphatic carbocycles. The van der Waals surface area contributed by atoms with Crippen LogP contribution in [0.4, 0.5) is 9.39 Å². The minimum Gasteiger partial charge on any atom is -0.312 e. The highest BCUT2D eigenvalue weighted by Gasteiger charge is 2.18. The first-order chi connectivity index (χ1) is 15.0. The van der Waals surface area contributed by atoms with E-state index in [0.29, 0.717) is 5.00 Å². The van der Waals surface area contributed by atoms with Gasteiger partial charge in [-0.15, -0.1) is 11.3 Å². The van der Waals surface area contributed by atoms with E-state index in [9.17, 15) is 9.18 Å². The third-order valence-corrected chi connectivity index (χ3v) is 6.09. The third kappa shape index (κ3) is 6.35. The van der Waals surface area contributed by atoms with Gasteiger partial charge in [0.15, 0.2) is 5.82 Å². The Hall–Kier alpha value is -2.78. The Morgan fingerprint density at radius 1 is 1.26 bits per heavy atom. The van der Waals surface area contributed by atoms with Crippen molar-refractivity contribution in [1.82, 2.24) is 15.0 Å². The number of halogens is 1. The average Bonchev–Trinajstić information content (AvgIpc) is 3.48. The van der Waals surface area contributed by atoms with Gasteiger partial charge in [-0.05, 0) is 30.1 Å². The molecule has 0 bridgehead atoms. The number of rotatable bonds is 7. The Morgan fingerprint density at radius 2 is 2.03 bits per heavy atom. The lowest BCUT2D eigenvalue weighted by atomic mass is 9.97. The van der Waals surface area contributed by atoms with Gasteiger partial charge in [-0.3, -0.25) is 14.8 Å². The first kappa shape index (κ1) is 24.5. The predicted molar refractivity (Wildman–Crippen MR) is 128 cm³/mol. The number of nitrogens with one attached hydrogen (secondary N) is 1. The number of anilines is 1. The summed E-state index contributed by atoms with van der Waals surface area (Å²) < 4.78 is 13.8. The summed E-state index contributed by atoms with van der Waals surface area (Å²) in [6.07, 6.45) is 8.64. The number of allylic oxidation sites excluding steroid dienone is 2. The van der Waals surface area contributed by atoms with Crippen molar-refractivity contribution in [3.8, 4) is 0 Å². The largest absolute Gasteiger partial charge is 0.312 e. The molecule has 0 radical (unpaired) electrons. The quantitative estimate of drug-likeness (QED) is 0.442. The normalized spacial score (nSPS) is 12.7.